The van der Waals surface area contributed by atoms with E-state index in [-0.39, 0.29) is 16.4 Å². The van der Waals surface area contributed by atoms with Crippen LogP contribution in [0.1, 0.15) is 41.6 Å². The van der Waals surface area contributed by atoms with E-state index in [0.29, 0.717) is 29.9 Å². The number of nitro benzene ring substituents is 1. The summed E-state index contributed by atoms with van der Waals surface area (Å²) in [7, 11) is -0.130. The minimum atomic E-state index is -3.57. The molecule has 3 rings (SSSR count). The molecule has 8 nitrogen and oxygen atoms in total. The number of carbonyl (C=O) groups excluding carboxylic acids is 1. The summed E-state index contributed by atoms with van der Waals surface area (Å²) in [5.74, 6) is -0.317. The van der Waals surface area contributed by atoms with Crippen LogP contribution in [0.4, 0.5) is 11.4 Å². The van der Waals surface area contributed by atoms with E-state index in [1.54, 1.807) is 31.1 Å². The highest BCUT2D eigenvalue weighted by atomic mass is 32.2. The molecule has 0 aromatic heterocycles. The maximum atomic E-state index is 12.9. The number of hydrogen-bond acceptors (Lipinski definition) is 6. The first-order valence-electron chi connectivity index (χ1n) is 10.5. The SMILES string of the molecule is CN(C)c1ccc(C=CC(=O)c2ccc(S(=O)(=O)N3CCCCCC3)cc2)cc1[N+](=O)[O-]. The molecular formula is C23H27N3O5S. The number of sulfonamides is 1. The van der Waals surface area contributed by atoms with Crippen molar-refractivity contribution in [3.63, 3.8) is 0 Å². The summed E-state index contributed by atoms with van der Waals surface area (Å²) >= 11 is 0. The fraction of sp³-hybridized carbons (Fsp3) is 0.348. The van der Waals surface area contributed by atoms with E-state index in [0.717, 1.165) is 25.7 Å². The van der Waals surface area contributed by atoms with Gasteiger partial charge in [0.15, 0.2) is 5.78 Å². The molecule has 1 aliphatic heterocycles. The molecule has 170 valence electrons. The number of nitro groups is 1. The van der Waals surface area contributed by atoms with Crippen molar-refractivity contribution in [3.05, 3.63) is 69.8 Å². The van der Waals surface area contributed by atoms with Gasteiger partial charge in [-0.1, -0.05) is 25.0 Å². The van der Waals surface area contributed by atoms with Crippen LogP contribution in [0.15, 0.2) is 53.4 Å². The Hall–Kier alpha value is -3.04. The van der Waals surface area contributed by atoms with Crippen LogP contribution in [0, 0.1) is 10.1 Å². The van der Waals surface area contributed by atoms with Crippen molar-refractivity contribution in [1.82, 2.24) is 4.31 Å². The van der Waals surface area contributed by atoms with Gasteiger partial charge in [0.25, 0.3) is 5.69 Å². The smallest absolute Gasteiger partial charge is 0.293 e. The van der Waals surface area contributed by atoms with E-state index >= 15 is 0 Å². The zero-order valence-corrected chi connectivity index (χ0v) is 19.0. The quantitative estimate of drug-likeness (QED) is 0.268. The van der Waals surface area contributed by atoms with E-state index in [1.165, 1.54) is 46.8 Å². The van der Waals surface area contributed by atoms with Crippen molar-refractivity contribution in [1.29, 1.82) is 0 Å². The van der Waals surface area contributed by atoms with Gasteiger partial charge >= 0.3 is 0 Å². The van der Waals surface area contributed by atoms with Gasteiger partial charge in [0.05, 0.1) is 9.82 Å². The predicted octanol–water partition coefficient (Wildman–Crippen LogP) is 4.12. The highest BCUT2D eigenvalue weighted by molar-refractivity contribution is 7.89. The van der Waals surface area contributed by atoms with Crippen LogP contribution in [0.3, 0.4) is 0 Å². The normalized spacial score (nSPS) is 15.4. The van der Waals surface area contributed by atoms with Crippen LogP contribution >= 0.6 is 0 Å². The summed E-state index contributed by atoms with van der Waals surface area (Å²) < 4.78 is 27.2. The van der Waals surface area contributed by atoms with Gasteiger partial charge in [-0.2, -0.15) is 4.31 Å². The fourth-order valence-electron chi connectivity index (χ4n) is 3.66. The average Bonchev–Trinajstić information content (AvgIpc) is 3.07. The predicted molar refractivity (Wildman–Crippen MR) is 124 cm³/mol. The van der Waals surface area contributed by atoms with Crippen molar-refractivity contribution < 1.29 is 18.1 Å². The van der Waals surface area contributed by atoms with E-state index in [1.807, 2.05) is 0 Å². The van der Waals surface area contributed by atoms with Crippen LogP contribution in [-0.4, -0.2) is 50.6 Å². The molecule has 1 aliphatic rings. The second kappa shape index (κ2) is 10.1. The Kier molecular flexibility index (Phi) is 7.42. The zero-order valence-electron chi connectivity index (χ0n) is 18.2. The minimum absolute atomic E-state index is 0.0485. The number of ketones is 1. The van der Waals surface area contributed by atoms with Gasteiger partial charge in [-0.25, -0.2) is 8.42 Å². The van der Waals surface area contributed by atoms with E-state index < -0.39 is 14.9 Å². The third-order valence-electron chi connectivity index (χ3n) is 5.45. The van der Waals surface area contributed by atoms with Gasteiger partial charge in [-0.3, -0.25) is 14.9 Å². The minimum Gasteiger partial charge on any atom is -0.372 e. The van der Waals surface area contributed by atoms with Crippen molar-refractivity contribution >= 4 is 33.3 Å². The Labute approximate surface area is 188 Å². The largest absolute Gasteiger partial charge is 0.372 e. The molecule has 1 fully saturated rings. The molecule has 0 saturated carbocycles. The molecule has 0 bridgehead atoms. The average molecular weight is 458 g/mol. The Morgan fingerprint density at radius 1 is 1.03 bits per heavy atom. The first-order valence-corrected chi connectivity index (χ1v) is 11.9. The molecule has 9 heteroatoms. The lowest BCUT2D eigenvalue weighted by Crippen LogP contribution is -2.31. The van der Waals surface area contributed by atoms with Gasteiger partial charge < -0.3 is 4.90 Å². The molecule has 1 saturated heterocycles. The molecule has 0 unspecified atom stereocenters. The number of carbonyl (C=O) groups is 1. The Morgan fingerprint density at radius 3 is 2.22 bits per heavy atom. The lowest BCUT2D eigenvalue weighted by atomic mass is 10.1. The first kappa shape index (κ1) is 23.6. The summed E-state index contributed by atoms with van der Waals surface area (Å²) in [4.78, 5) is 25.2. The second-order valence-corrected chi connectivity index (χ2v) is 9.88. The standard InChI is InChI=1S/C23H27N3O5S/c1-24(2)21-13-7-18(17-22(21)26(28)29)8-14-23(27)19-9-11-20(12-10-19)32(30,31)25-15-5-3-4-6-16-25/h7-14,17H,3-6,15-16H2,1-2H3. The van der Waals surface area contributed by atoms with Crippen LogP contribution in [-0.2, 0) is 10.0 Å². The molecule has 0 N–H and O–H groups in total. The van der Waals surface area contributed by atoms with Crippen LogP contribution < -0.4 is 4.90 Å². The summed E-state index contributed by atoms with van der Waals surface area (Å²) in [6.45, 7) is 1.04. The van der Waals surface area contributed by atoms with Gasteiger partial charge in [0.1, 0.15) is 5.69 Å². The van der Waals surface area contributed by atoms with Gasteiger partial charge in [0.2, 0.25) is 10.0 Å². The second-order valence-electron chi connectivity index (χ2n) is 7.94. The number of nitrogens with zero attached hydrogens (tertiary/aromatic N) is 3. The maximum absolute atomic E-state index is 12.9. The van der Waals surface area contributed by atoms with Crippen molar-refractivity contribution in [3.8, 4) is 0 Å². The number of allylic oxidation sites excluding steroid dienone is 1. The maximum Gasteiger partial charge on any atom is 0.293 e. The molecule has 32 heavy (non-hydrogen) atoms. The van der Waals surface area contributed by atoms with Gasteiger partial charge in [-0.15, -0.1) is 0 Å². The van der Waals surface area contributed by atoms with E-state index in [4.69, 9.17) is 0 Å². The number of anilines is 1. The van der Waals surface area contributed by atoms with Crippen molar-refractivity contribution in [2.45, 2.75) is 30.6 Å². The first-order chi connectivity index (χ1) is 15.2. The molecule has 0 spiro atoms. The zero-order chi connectivity index (χ0) is 23.3. The molecule has 0 atom stereocenters. The fourth-order valence-corrected chi connectivity index (χ4v) is 5.18. The Bertz CT molecular complexity index is 1120. The van der Waals surface area contributed by atoms with Crippen molar-refractivity contribution in [2.75, 3.05) is 32.1 Å². The lowest BCUT2D eigenvalue weighted by molar-refractivity contribution is -0.384. The third kappa shape index (κ3) is 5.41. The number of benzene rings is 2. The van der Waals surface area contributed by atoms with Crippen LogP contribution in [0.2, 0.25) is 0 Å². The Morgan fingerprint density at radius 2 is 1.66 bits per heavy atom. The highest BCUT2D eigenvalue weighted by Gasteiger charge is 2.25. The third-order valence-corrected chi connectivity index (χ3v) is 7.36. The Balaban J connectivity index is 1.75. The lowest BCUT2D eigenvalue weighted by Gasteiger charge is -2.19. The summed E-state index contributed by atoms with van der Waals surface area (Å²) in [5, 5.41) is 11.3. The van der Waals surface area contributed by atoms with E-state index in [2.05, 4.69) is 0 Å². The van der Waals surface area contributed by atoms with Gasteiger partial charge in [0, 0.05) is 38.8 Å². The van der Waals surface area contributed by atoms with E-state index in [9.17, 15) is 23.3 Å². The summed E-state index contributed by atoms with van der Waals surface area (Å²) in [6, 6.07) is 10.6. The molecule has 2 aromatic carbocycles. The monoisotopic (exact) mass is 457 g/mol. The molecule has 0 amide bonds. The van der Waals surface area contributed by atoms with Crippen molar-refractivity contribution in [2.24, 2.45) is 0 Å². The van der Waals surface area contributed by atoms with Crippen LogP contribution in [0.25, 0.3) is 6.08 Å². The molecular weight excluding hydrogens is 430 g/mol. The summed E-state index contributed by atoms with van der Waals surface area (Å²) in [6.07, 6.45) is 6.62. The number of rotatable bonds is 7. The summed E-state index contributed by atoms with van der Waals surface area (Å²) in [5.41, 5.74) is 1.29. The van der Waals surface area contributed by atoms with Gasteiger partial charge in [-0.05, 0) is 54.8 Å². The molecule has 2 aromatic rings. The molecule has 0 radical (unpaired) electrons. The number of hydrogen-bond donors (Lipinski definition) is 0. The molecule has 0 aliphatic carbocycles. The highest BCUT2D eigenvalue weighted by Crippen LogP contribution is 2.28. The van der Waals surface area contributed by atoms with Crippen LogP contribution in [0.5, 0.6) is 0 Å². The topological polar surface area (TPSA) is 101 Å². The molecule has 1 heterocycles.